The lowest BCUT2D eigenvalue weighted by Gasteiger charge is -2.04. The second kappa shape index (κ2) is 4.54. The first-order valence-corrected chi connectivity index (χ1v) is 5.56. The number of halogens is 1. The van der Waals surface area contributed by atoms with Crippen LogP contribution in [0.1, 0.15) is 5.56 Å². The van der Waals surface area contributed by atoms with Gasteiger partial charge in [0.15, 0.2) is 5.43 Å². The van der Waals surface area contributed by atoms with E-state index >= 15 is 0 Å². The Kier molecular flexibility index (Phi) is 3.11. The van der Waals surface area contributed by atoms with E-state index in [0.717, 1.165) is 11.1 Å². The predicted octanol–water partition coefficient (Wildman–Crippen LogP) is 2.79. The number of alkyl halides is 1. The molecule has 0 bridgehead atoms. The van der Waals surface area contributed by atoms with Crippen molar-refractivity contribution in [3.05, 3.63) is 58.5 Å². The van der Waals surface area contributed by atoms with E-state index in [2.05, 4.69) is 0 Å². The van der Waals surface area contributed by atoms with Gasteiger partial charge < -0.3 is 4.57 Å². The lowest BCUT2D eigenvalue weighted by molar-refractivity contribution is 0.902. The lowest BCUT2D eigenvalue weighted by Crippen LogP contribution is -2.06. The minimum atomic E-state index is 0.0322. The average molecular weight is 234 g/mol. The molecule has 2 nitrogen and oxygen atoms in total. The highest BCUT2D eigenvalue weighted by atomic mass is 35.5. The van der Waals surface area contributed by atoms with Gasteiger partial charge in [-0.2, -0.15) is 0 Å². The Morgan fingerprint density at radius 1 is 1.31 bits per heavy atom. The fourth-order valence-electron chi connectivity index (χ4n) is 1.62. The molecule has 2 aromatic rings. The number of nitrogens with zero attached hydrogens (tertiary/aromatic N) is 1. The molecule has 1 heterocycles. The van der Waals surface area contributed by atoms with Gasteiger partial charge in [-0.15, -0.1) is 11.6 Å². The van der Waals surface area contributed by atoms with Gasteiger partial charge in [0.2, 0.25) is 0 Å². The summed E-state index contributed by atoms with van der Waals surface area (Å²) in [6, 6.07) is 9.31. The Morgan fingerprint density at radius 2 is 2.12 bits per heavy atom. The van der Waals surface area contributed by atoms with Crippen LogP contribution in [0.25, 0.3) is 11.1 Å². The summed E-state index contributed by atoms with van der Waals surface area (Å²) in [5.41, 5.74) is 2.67. The third kappa shape index (κ3) is 2.17. The largest absolute Gasteiger partial charge is 0.356 e. The van der Waals surface area contributed by atoms with Crippen LogP contribution in [0.4, 0.5) is 0 Å². The molecule has 0 fully saturated rings. The van der Waals surface area contributed by atoms with Gasteiger partial charge in [0.1, 0.15) is 0 Å². The van der Waals surface area contributed by atoms with E-state index in [4.69, 9.17) is 11.6 Å². The molecule has 16 heavy (non-hydrogen) atoms. The zero-order chi connectivity index (χ0) is 11.5. The number of aromatic nitrogens is 1. The monoisotopic (exact) mass is 233 g/mol. The van der Waals surface area contributed by atoms with E-state index in [0.29, 0.717) is 11.4 Å². The summed E-state index contributed by atoms with van der Waals surface area (Å²) in [6.45, 7) is 0. The minimum Gasteiger partial charge on any atom is -0.356 e. The highest BCUT2D eigenvalue weighted by Gasteiger charge is 2.03. The molecule has 0 aliphatic rings. The standard InChI is InChI=1S/C13H12ClNO/c1-15-6-5-13(16)12(9-15)11-4-2-3-10(7-11)8-14/h2-7,9H,8H2,1H3. The molecule has 0 amide bonds. The molecule has 0 spiro atoms. The summed E-state index contributed by atoms with van der Waals surface area (Å²) in [7, 11) is 1.90. The van der Waals surface area contributed by atoms with Crippen molar-refractivity contribution in [2.75, 3.05) is 0 Å². The fraction of sp³-hybridized carbons (Fsp3) is 0.154. The van der Waals surface area contributed by atoms with Gasteiger partial charge in [-0.3, -0.25) is 4.79 Å². The summed E-state index contributed by atoms with van der Waals surface area (Å²) in [6.07, 6.45) is 3.58. The SMILES string of the molecule is Cn1ccc(=O)c(-c2cccc(CCl)c2)c1. The zero-order valence-electron chi connectivity index (χ0n) is 8.98. The van der Waals surface area contributed by atoms with Crippen molar-refractivity contribution < 1.29 is 0 Å². The van der Waals surface area contributed by atoms with Crippen LogP contribution in [-0.2, 0) is 12.9 Å². The van der Waals surface area contributed by atoms with Crippen LogP contribution in [0.5, 0.6) is 0 Å². The molecule has 2 rings (SSSR count). The molecule has 1 aromatic carbocycles. The first kappa shape index (κ1) is 11.0. The van der Waals surface area contributed by atoms with Crippen molar-refractivity contribution in [2.45, 2.75) is 5.88 Å². The van der Waals surface area contributed by atoms with E-state index in [1.54, 1.807) is 12.3 Å². The number of hydrogen-bond donors (Lipinski definition) is 0. The number of rotatable bonds is 2. The topological polar surface area (TPSA) is 22.0 Å². The van der Waals surface area contributed by atoms with E-state index < -0.39 is 0 Å². The normalized spacial score (nSPS) is 10.4. The molecular weight excluding hydrogens is 222 g/mol. The smallest absolute Gasteiger partial charge is 0.189 e. The van der Waals surface area contributed by atoms with Crippen molar-refractivity contribution in [1.82, 2.24) is 4.57 Å². The van der Waals surface area contributed by atoms with Gasteiger partial charge in [-0.1, -0.05) is 18.2 Å². The maximum Gasteiger partial charge on any atom is 0.189 e. The molecule has 0 saturated heterocycles. The number of hydrogen-bond acceptors (Lipinski definition) is 1. The summed E-state index contributed by atoms with van der Waals surface area (Å²) in [5.74, 6) is 0.459. The summed E-state index contributed by atoms with van der Waals surface area (Å²) >= 11 is 5.77. The van der Waals surface area contributed by atoms with Gasteiger partial charge >= 0.3 is 0 Å². The van der Waals surface area contributed by atoms with Gasteiger partial charge in [-0.05, 0) is 17.2 Å². The molecule has 0 aliphatic carbocycles. The Bertz CT molecular complexity index is 560. The van der Waals surface area contributed by atoms with Crippen molar-refractivity contribution in [1.29, 1.82) is 0 Å². The molecule has 0 N–H and O–H groups in total. The molecule has 3 heteroatoms. The van der Waals surface area contributed by atoms with Crippen molar-refractivity contribution in [3.8, 4) is 11.1 Å². The number of benzene rings is 1. The van der Waals surface area contributed by atoms with Gasteiger partial charge in [0.25, 0.3) is 0 Å². The van der Waals surface area contributed by atoms with Crippen molar-refractivity contribution in [3.63, 3.8) is 0 Å². The van der Waals surface area contributed by atoms with Crippen LogP contribution in [-0.4, -0.2) is 4.57 Å². The molecule has 82 valence electrons. The summed E-state index contributed by atoms with van der Waals surface area (Å²) in [4.78, 5) is 11.7. The maximum absolute atomic E-state index is 11.7. The Balaban J connectivity index is 2.58. The molecule has 0 aliphatic heterocycles. The van der Waals surface area contributed by atoms with Crippen LogP contribution in [0.2, 0.25) is 0 Å². The average Bonchev–Trinajstić information content (AvgIpc) is 2.32. The summed E-state index contributed by atoms with van der Waals surface area (Å²) < 4.78 is 1.87. The van der Waals surface area contributed by atoms with Crippen molar-refractivity contribution in [2.24, 2.45) is 7.05 Å². The minimum absolute atomic E-state index is 0.0322. The van der Waals surface area contributed by atoms with Crippen LogP contribution < -0.4 is 5.43 Å². The predicted molar refractivity (Wildman–Crippen MR) is 66.7 cm³/mol. The highest BCUT2D eigenvalue weighted by molar-refractivity contribution is 6.17. The lowest BCUT2D eigenvalue weighted by atomic mass is 10.1. The van der Waals surface area contributed by atoms with E-state index in [9.17, 15) is 4.79 Å². The van der Waals surface area contributed by atoms with Gasteiger partial charge in [-0.25, -0.2) is 0 Å². The fourth-order valence-corrected chi connectivity index (χ4v) is 1.79. The summed E-state index contributed by atoms with van der Waals surface area (Å²) in [5, 5.41) is 0. The second-order valence-electron chi connectivity index (χ2n) is 3.72. The first-order valence-electron chi connectivity index (χ1n) is 5.02. The van der Waals surface area contributed by atoms with Crippen LogP contribution in [0.15, 0.2) is 47.5 Å². The van der Waals surface area contributed by atoms with Crippen LogP contribution in [0.3, 0.4) is 0 Å². The van der Waals surface area contributed by atoms with Gasteiger partial charge in [0.05, 0.1) is 0 Å². The van der Waals surface area contributed by atoms with E-state index in [1.165, 1.54) is 0 Å². The molecule has 0 radical (unpaired) electrons. The molecule has 1 aromatic heterocycles. The Labute approximate surface area is 99.1 Å². The molecular formula is C13H12ClNO. The van der Waals surface area contributed by atoms with Crippen LogP contribution >= 0.6 is 11.6 Å². The molecule has 0 saturated carbocycles. The quantitative estimate of drug-likeness (QED) is 0.732. The number of aryl methyl sites for hydroxylation is 1. The zero-order valence-corrected chi connectivity index (χ0v) is 9.74. The first-order chi connectivity index (χ1) is 7.70. The second-order valence-corrected chi connectivity index (χ2v) is 3.99. The highest BCUT2D eigenvalue weighted by Crippen LogP contribution is 2.17. The van der Waals surface area contributed by atoms with Crippen molar-refractivity contribution >= 4 is 11.6 Å². The third-order valence-corrected chi connectivity index (χ3v) is 2.76. The van der Waals surface area contributed by atoms with Crippen LogP contribution in [0, 0.1) is 0 Å². The number of pyridine rings is 1. The molecule has 0 unspecified atom stereocenters. The Morgan fingerprint density at radius 3 is 2.88 bits per heavy atom. The maximum atomic E-state index is 11.7. The third-order valence-electron chi connectivity index (χ3n) is 2.45. The molecule has 0 atom stereocenters. The van der Waals surface area contributed by atoms with Gasteiger partial charge in [0, 0.05) is 37.0 Å². The Hall–Kier alpha value is -1.54. The van der Waals surface area contributed by atoms with E-state index in [-0.39, 0.29) is 5.43 Å². The van der Waals surface area contributed by atoms with E-state index in [1.807, 2.05) is 42.1 Å².